The predicted octanol–water partition coefficient (Wildman–Crippen LogP) is 5.01. The second-order valence-corrected chi connectivity index (χ2v) is 7.42. The van der Waals surface area contributed by atoms with E-state index in [0.717, 1.165) is 12.1 Å². The summed E-state index contributed by atoms with van der Waals surface area (Å²) in [6.45, 7) is -0.533. The minimum atomic E-state index is -4.65. The lowest BCUT2D eigenvalue weighted by Gasteiger charge is -2.19. The number of halogens is 4. The molecule has 0 saturated carbocycles. The summed E-state index contributed by atoms with van der Waals surface area (Å²) < 4.78 is 44.4. The minimum Gasteiger partial charge on any atom is -0.446 e. The van der Waals surface area contributed by atoms with Crippen molar-refractivity contribution in [2.24, 2.45) is 0 Å². The van der Waals surface area contributed by atoms with Gasteiger partial charge in [0.15, 0.2) is 0 Å². The molecule has 0 spiro atoms. The van der Waals surface area contributed by atoms with Crippen LogP contribution in [0.1, 0.15) is 27.6 Å². The number of carbonyl (C=O) groups is 3. The van der Waals surface area contributed by atoms with Crippen LogP contribution >= 0.6 is 11.6 Å². The molecule has 2 N–H and O–H groups in total. The Labute approximate surface area is 197 Å². The standard InChI is InChI=1S/C24H18ClF3N2O4/c25-18-12-11-17(24(26,27)28)13-19(18)30-23(33)21(15-7-3-1-4-8-15)34-20(31)14-29-22(32)16-9-5-2-6-10-16/h1-13,21H,14H2,(H,29,32)(H,30,33)/t21-/m1/s1. The van der Waals surface area contributed by atoms with E-state index in [1.54, 1.807) is 48.5 Å². The van der Waals surface area contributed by atoms with Crippen molar-refractivity contribution < 1.29 is 32.3 Å². The molecular weight excluding hydrogens is 473 g/mol. The number of nitrogens with one attached hydrogen (secondary N) is 2. The predicted molar refractivity (Wildman–Crippen MR) is 119 cm³/mol. The Hall–Kier alpha value is -3.85. The van der Waals surface area contributed by atoms with Gasteiger partial charge in [-0.05, 0) is 30.3 Å². The Bertz CT molecular complexity index is 1170. The van der Waals surface area contributed by atoms with Crippen molar-refractivity contribution in [1.82, 2.24) is 5.32 Å². The number of amides is 2. The van der Waals surface area contributed by atoms with E-state index >= 15 is 0 Å². The second kappa shape index (κ2) is 10.8. The molecule has 3 aromatic rings. The molecule has 3 aromatic carbocycles. The quantitative estimate of drug-likeness (QED) is 0.456. The second-order valence-electron chi connectivity index (χ2n) is 7.01. The lowest BCUT2D eigenvalue weighted by atomic mass is 10.1. The number of ether oxygens (including phenoxy) is 1. The fraction of sp³-hybridized carbons (Fsp3) is 0.125. The van der Waals surface area contributed by atoms with Crippen molar-refractivity contribution in [3.05, 3.63) is 101 Å². The van der Waals surface area contributed by atoms with Crippen molar-refractivity contribution >= 4 is 35.1 Å². The van der Waals surface area contributed by atoms with Crippen LogP contribution in [0.4, 0.5) is 18.9 Å². The van der Waals surface area contributed by atoms with Gasteiger partial charge >= 0.3 is 12.1 Å². The van der Waals surface area contributed by atoms with E-state index in [9.17, 15) is 27.6 Å². The normalized spacial score (nSPS) is 11.9. The van der Waals surface area contributed by atoms with E-state index in [4.69, 9.17) is 16.3 Å². The molecule has 0 bridgehead atoms. The average Bonchev–Trinajstić information content (AvgIpc) is 2.82. The van der Waals surface area contributed by atoms with Crippen LogP contribution in [0, 0.1) is 0 Å². The van der Waals surface area contributed by atoms with Crippen molar-refractivity contribution in [3.63, 3.8) is 0 Å². The van der Waals surface area contributed by atoms with Crippen LogP contribution in [0.2, 0.25) is 5.02 Å². The lowest BCUT2D eigenvalue weighted by Crippen LogP contribution is -2.33. The molecule has 0 unspecified atom stereocenters. The first-order chi connectivity index (χ1) is 16.1. The third-order valence-electron chi connectivity index (χ3n) is 4.57. The largest absolute Gasteiger partial charge is 0.446 e. The van der Waals surface area contributed by atoms with Crippen LogP contribution < -0.4 is 10.6 Å². The van der Waals surface area contributed by atoms with Gasteiger partial charge in [0.05, 0.1) is 16.3 Å². The molecule has 0 radical (unpaired) electrons. The number of benzene rings is 3. The third kappa shape index (κ3) is 6.58. The highest BCUT2D eigenvalue weighted by molar-refractivity contribution is 6.33. The minimum absolute atomic E-state index is 0.130. The molecule has 34 heavy (non-hydrogen) atoms. The highest BCUT2D eigenvalue weighted by Crippen LogP contribution is 2.34. The van der Waals surface area contributed by atoms with E-state index in [1.165, 1.54) is 12.1 Å². The van der Waals surface area contributed by atoms with E-state index in [0.29, 0.717) is 11.6 Å². The van der Waals surface area contributed by atoms with Gasteiger partial charge in [0.25, 0.3) is 11.8 Å². The van der Waals surface area contributed by atoms with Crippen LogP contribution in [0.25, 0.3) is 0 Å². The summed E-state index contributed by atoms with van der Waals surface area (Å²) in [5.74, 6) is -2.37. The maximum Gasteiger partial charge on any atom is 0.416 e. The summed E-state index contributed by atoms with van der Waals surface area (Å²) in [6.07, 6.45) is -6.15. The van der Waals surface area contributed by atoms with Crippen LogP contribution in [-0.4, -0.2) is 24.3 Å². The third-order valence-corrected chi connectivity index (χ3v) is 4.90. The molecule has 0 saturated heterocycles. The maximum atomic E-state index is 13.0. The van der Waals surface area contributed by atoms with Crippen molar-refractivity contribution in [3.8, 4) is 0 Å². The Morgan fingerprint density at radius 2 is 1.53 bits per heavy atom. The molecule has 2 amide bonds. The van der Waals surface area contributed by atoms with Gasteiger partial charge in [-0.1, -0.05) is 60.1 Å². The van der Waals surface area contributed by atoms with Crippen LogP contribution in [-0.2, 0) is 20.5 Å². The number of rotatable bonds is 7. The molecule has 0 aromatic heterocycles. The first-order valence-electron chi connectivity index (χ1n) is 9.90. The van der Waals surface area contributed by atoms with Gasteiger partial charge in [-0.15, -0.1) is 0 Å². The summed E-state index contributed by atoms with van der Waals surface area (Å²) >= 11 is 5.95. The number of anilines is 1. The fourth-order valence-corrected chi connectivity index (χ4v) is 3.08. The number of carbonyl (C=O) groups excluding carboxylic acids is 3. The van der Waals surface area contributed by atoms with Crippen molar-refractivity contribution in [2.45, 2.75) is 12.3 Å². The molecule has 10 heteroatoms. The molecular formula is C24H18ClF3N2O4. The Morgan fingerprint density at radius 3 is 2.15 bits per heavy atom. The van der Waals surface area contributed by atoms with E-state index < -0.39 is 42.2 Å². The van der Waals surface area contributed by atoms with Crippen LogP contribution in [0.3, 0.4) is 0 Å². The first kappa shape index (κ1) is 24.8. The van der Waals surface area contributed by atoms with Crippen molar-refractivity contribution in [2.75, 3.05) is 11.9 Å². The molecule has 1 atom stereocenters. The molecule has 0 fully saturated rings. The van der Waals surface area contributed by atoms with Gasteiger partial charge in [0.1, 0.15) is 6.54 Å². The summed E-state index contributed by atoms with van der Waals surface area (Å²) in [5.41, 5.74) is -0.711. The average molecular weight is 491 g/mol. The smallest absolute Gasteiger partial charge is 0.416 e. The molecule has 6 nitrogen and oxygen atoms in total. The molecule has 3 rings (SSSR count). The highest BCUT2D eigenvalue weighted by Gasteiger charge is 2.32. The summed E-state index contributed by atoms with van der Waals surface area (Å²) in [6, 6.07) is 18.5. The SMILES string of the molecule is O=C(CNC(=O)c1ccccc1)O[C@@H](C(=O)Nc1cc(C(F)(F)F)ccc1Cl)c1ccccc1. The van der Waals surface area contributed by atoms with Gasteiger partial charge in [-0.25, -0.2) is 0 Å². The fourth-order valence-electron chi connectivity index (χ4n) is 2.91. The Kier molecular flexibility index (Phi) is 7.91. The van der Waals surface area contributed by atoms with Crippen molar-refractivity contribution in [1.29, 1.82) is 0 Å². The van der Waals surface area contributed by atoms with Gasteiger partial charge in [-0.2, -0.15) is 13.2 Å². The van der Waals surface area contributed by atoms with Crippen LogP contribution in [0.5, 0.6) is 0 Å². The monoisotopic (exact) mass is 490 g/mol. The van der Waals surface area contributed by atoms with Crippen LogP contribution in [0.15, 0.2) is 78.9 Å². The van der Waals surface area contributed by atoms with Gasteiger partial charge in [-0.3, -0.25) is 14.4 Å². The number of alkyl halides is 3. The zero-order valence-corrected chi connectivity index (χ0v) is 18.2. The summed E-state index contributed by atoms with van der Waals surface area (Å²) in [7, 11) is 0. The molecule has 0 aliphatic carbocycles. The Balaban J connectivity index is 1.74. The lowest BCUT2D eigenvalue weighted by molar-refractivity contribution is -0.153. The van der Waals surface area contributed by atoms with E-state index in [1.807, 2.05) is 0 Å². The highest BCUT2D eigenvalue weighted by atomic mass is 35.5. The number of hydrogen-bond acceptors (Lipinski definition) is 4. The molecule has 0 heterocycles. The van der Waals surface area contributed by atoms with Gasteiger partial charge in [0.2, 0.25) is 6.10 Å². The number of hydrogen-bond donors (Lipinski definition) is 2. The maximum absolute atomic E-state index is 13.0. The first-order valence-corrected chi connectivity index (χ1v) is 10.3. The zero-order chi connectivity index (χ0) is 24.7. The van der Waals surface area contributed by atoms with E-state index in [2.05, 4.69) is 10.6 Å². The summed E-state index contributed by atoms with van der Waals surface area (Å²) in [5, 5.41) is 4.54. The van der Waals surface area contributed by atoms with Gasteiger partial charge in [0, 0.05) is 11.1 Å². The molecule has 0 aliphatic rings. The van der Waals surface area contributed by atoms with Gasteiger partial charge < -0.3 is 15.4 Å². The topological polar surface area (TPSA) is 84.5 Å². The summed E-state index contributed by atoms with van der Waals surface area (Å²) in [4.78, 5) is 37.4. The van der Waals surface area contributed by atoms with E-state index in [-0.39, 0.29) is 16.3 Å². The Morgan fingerprint density at radius 1 is 0.912 bits per heavy atom. The zero-order valence-electron chi connectivity index (χ0n) is 17.4. The molecule has 0 aliphatic heterocycles. The number of esters is 1. The molecule has 176 valence electrons.